The van der Waals surface area contributed by atoms with Gasteiger partial charge in [0, 0.05) is 17.5 Å². The van der Waals surface area contributed by atoms with Gasteiger partial charge in [-0.05, 0) is 42.7 Å². The van der Waals surface area contributed by atoms with Crippen LogP contribution in [0.25, 0.3) is 0 Å². The molecule has 2 nitrogen and oxygen atoms in total. The predicted molar refractivity (Wildman–Crippen MR) is 115 cm³/mol. The van der Waals surface area contributed by atoms with E-state index in [-0.39, 0.29) is 23.7 Å². The second-order valence-corrected chi connectivity index (χ2v) is 9.03. The van der Waals surface area contributed by atoms with E-state index in [1.807, 2.05) is 13.0 Å². The van der Waals surface area contributed by atoms with Gasteiger partial charge in [-0.3, -0.25) is 0 Å². The second kappa shape index (κ2) is 9.54. The molecule has 0 amide bonds. The number of ether oxygens (including phenoxy) is 2. The van der Waals surface area contributed by atoms with E-state index in [2.05, 4.69) is 6.92 Å². The summed E-state index contributed by atoms with van der Waals surface area (Å²) in [5.41, 5.74) is 1.64. The molecule has 0 saturated heterocycles. The zero-order chi connectivity index (χ0) is 22.0. The summed E-state index contributed by atoms with van der Waals surface area (Å²) in [5.74, 6) is -1.80. The van der Waals surface area contributed by atoms with Gasteiger partial charge in [-0.1, -0.05) is 58.1 Å². The third-order valence-corrected chi connectivity index (χ3v) is 6.71. The molecule has 4 rings (SSSR count). The van der Waals surface area contributed by atoms with Gasteiger partial charge in [0.2, 0.25) is 11.6 Å². The molecule has 0 unspecified atom stereocenters. The van der Waals surface area contributed by atoms with Crippen molar-refractivity contribution in [1.82, 2.24) is 0 Å². The Labute approximate surface area is 182 Å². The molecule has 2 aromatic carbocycles. The third-order valence-electron chi connectivity index (χ3n) is 6.71. The Balaban J connectivity index is 1.49. The Morgan fingerprint density at radius 3 is 2.29 bits per heavy atom. The normalized spacial score (nSPS) is 20.0. The molecule has 31 heavy (non-hydrogen) atoms. The van der Waals surface area contributed by atoms with Crippen molar-refractivity contribution < 1.29 is 22.6 Å². The summed E-state index contributed by atoms with van der Waals surface area (Å²) in [6.07, 6.45) is 8.60. The molecule has 1 fully saturated rings. The lowest BCUT2D eigenvalue weighted by Gasteiger charge is -2.28. The van der Waals surface area contributed by atoms with Crippen molar-refractivity contribution >= 4 is 0 Å². The number of rotatable bonds is 7. The van der Waals surface area contributed by atoms with Crippen LogP contribution in [-0.2, 0) is 12.8 Å². The number of hydrogen-bond donors (Lipinski definition) is 0. The van der Waals surface area contributed by atoms with Crippen LogP contribution in [0.1, 0.15) is 75.5 Å². The third kappa shape index (κ3) is 4.56. The number of benzene rings is 2. The first-order valence-electron chi connectivity index (χ1n) is 11.6. The standard InChI is InChI=1S/C26H31F3O2/c1-3-5-16-7-9-17(10-8-16)15-30-21-14-20-13-19-12-11-18(6-4-2)22(27)25(19)31-26(20)24(29)23(21)28/h11-12,14,16-17H,3-10,13,15H2,1-2H3. The predicted octanol–water partition coefficient (Wildman–Crippen LogP) is 7.74. The number of aryl methyl sites for hydroxylation is 1. The summed E-state index contributed by atoms with van der Waals surface area (Å²) in [4.78, 5) is 0. The maximum atomic E-state index is 14.8. The molecule has 0 spiro atoms. The quantitative estimate of drug-likeness (QED) is 0.380. The van der Waals surface area contributed by atoms with Gasteiger partial charge in [0.05, 0.1) is 6.61 Å². The zero-order valence-electron chi connectivity index (χ0n) is 18.4. The highest BCUT2D eigenvalue weighted by atomic mass is 19.2. The fourth-order valence-electron chi connectivity index (χ4n) is 4.94. The van der Waals surface area contributed by atoms with Crippen molar-refractivity contribution in [2.24, 2.45) is 11.8 Å². The van der Waals surface area contributed by atoms with Gasteiger partial charge in [0.25, 0.3) is 0 Å². The second-order valence-electron chi connectivity index (χ2n) is 9.03. The van der Waals surface area contributed by atoms with Crippen LogP contribution in [0.4, 0.5) is 13.2 Å². The average Bonchev–Trinajstić information content (AvgIpc) is 2.78. The monoisotopic (exact) mass is 432 g/mol. The summed E-state index contributed by atoms with van der Waals surface area (Å²) in [6, 6.07) is 5.07. The summed E-state index contributed by atoms with van der Waals surface area (Å²) >= 11 is 0. The Morgan fingerprint density at radius 2 is 1.58 bits per heavy atom. The van der Waals surface area contributed by atoms with Crippen molar-refractivity contribution in [1.29, 1.82) is 0 Å². The van der Waals surface area contributed by atoms with E-state index in [1.54, 1.807) is 6.07 Å². The van der Waals surface area contributed by atoms with E-state index in [4.69, 9.17) is 9.47 Å². The highest BCUT2D eigenvalue weighted by Gasteiger charge is 2.29. The molecule has 1 aliphatic carbocycles. The van der Waals surface area contributed by atoms with Crippen molar-refractivity contribution in [3.63, 3.8) is 0 Å². The summed E-state index contributed by atoms with van der Waals surface area (Å²) in [7, 11) is 0. The van der Waals surface area contributed by atoms with Gasteiger partial charge in [-0.15, -0.1) is 0 Å². The van der Waals surface area contributed by atoms with Crippen LogP contribution in [0.2, 0.25) is 0 Å². The van der Waals surface area contributed by atoms with Crippen LogP contribution in [0.5, 0.6) is 17.2 Å². The smallest absolute Gasteiger partial charge is 0.205 e. The summed E-state index contributed by atoms with van der Waals surface area (Å²) in [6.45, 7) is 4.56. The van der Waals surface area contributed by atoms with Gasteiger partial charge in [0.1, 0.15) is 0 Å². The van der Waals surface area contributed by atoms with Crippen molar-refractivity contribution in [2.45, 2.75) is 71.6 Å². The largest absolute Gasteiger partial charge is 0.490 e. The Bertz CT molecular complexity index is 933. The van der Waals surface area contributed by atoms with Gasteiger partial charge in [-0.25, -0.2) is 4.39 Å². The van der Waals surface area contributed by atoms with Crippen molar-refractivity contribution in [3.8, 4) is 17.2 Å². The molecule has 2 aliphatic rings. The Kier molecular flexibility index (Phi) is 6.78. The average molecular weight is 433 g/mol. The lowest BCUT2D eigenvalue weighted by molar-refractivity contribution is 0.173. The molecular formula is C26H31F3O2. The molecule has 168 valence electrons. The van der Waals surface area contributed by atoms with Crippen LogP contribution in [0, 0.1) is 29.3 Å². The molecule has 1 aliphatic heterocycles. The van der Waals surface area contributed by atoms with Crippen molar-refractivity contribution in [2.75, 3.05) is 6.61 Å². The number of fused-ring (bicyclic) bond motifs is 2. The molecule has 0 bridgehead atoms. The van der Waals surface area contributed by atoms with Crippen LogP contribution in [0.3, 0.4) is 0 Å². The van der Waals surface area contributed by atoms with E-state index in [9.17, 15) is 13.2 Å². The molecule has 0 aromatic heterocycles. The molecule has 1 heterocycles. The van der Waals surface area contributed by atoms with E-state index < -0.39 is 17.5 Å². The lowest BCUT2D eigenvalue weighted by Crippen LogP contribution is -2.20. The molecule has 0 atom stereocenters. The van der Waals surface area contributed by atoms with Crippen molar-refractivity contribution in [3.05, 3.63) is 52.3 Å². The molecule has 5 heteroatoms. The molecular weight excluding hydrogens is 401 g/mol. The van der Waals surface area contributed by atoms with Crippen LogP contribution in [-0.4, -0.2) is 6.61 Å². The maximum Gasteiger partial charge on any atom is 0.205 e. The first kappa shape index (κ1) is 22.0. The highest BCUT2D eigenvalue weighted by molar-refractivity contribution is 5.54. The topological polar surface area (TPSA) is 18.5 Å². The van der Waals surface area contributed by atoms with Gasteiger partial charge in [-0.2, -0.15) is 8.78 Å². The van der Waals surface area contributed by atoms with Gasteiger partial charge < -0.3 is 9.47 Å². The number of hydrogen-bond acceptors (Lipinski definition) is 2. The molecule has 1 saturated carbocycles. The maximum absolute atomic E-state index is 14.8. The minimum atomic E-state index is -1.11. The first-order chi connectivity index (χ1) is 15.0. The summed E-state index contributed by atoms with van der Waals surface area (Å²) < 4.78 is 55.6. The van der Waals surface area contributed by atoms with Gasteiger partial charge in [0.15, 0.2) is 23.1 Å². The van der Waals surface area contributed by atoms with E-state index in [0.717, 1.165) is 25.2 Å². The minimum absolute atomic E-state index is 0.00857. The highest BCUT2D eigenvalue weighted by Crippen LogP contribution is 2.44. The van der Waals surface area contributed by atoms with E-state index >= 15 is 0 Å². The zero-order valence-corrected chi connectivity index (χ0v) is 18.4. The molecule has 0 N–H and O–H groups in total. The molecule has 0 radical (unpaired) electrons. The fourth-order valence-corrected chi connectivity index (χ4v) is 4.94. The SMILES string of the molecule is CCCc1ccc2c(c1F)Oc1c(cc(OCC3CCC(CCC)CC3)c(F)c1F)C2. The van der Waals surface area contributed by atoms with Crippen LogP contribution >= 0.6 is 0 Å². The number of halogens is 3. The Hall–Kier alpha value is -2.17. The minimum Gasteiger partial charge on any atom is -0.490 e. The van der Waals surface area contributed by atoms with Crippen LogP contribution in [0.15, 0.2) is 18.2 Å². The lowest BCUT2D eigenvalue weighted by atomic mass is 9.80. The Morgan fingerprint density at radius 1 is 0.871 bits per heavy atom. The van der Waals surface area contributed by atoms with E-state index in [1.165, 1.54) is 31.7 Å². The van der Waals surface area contributed by atoms with Crippen LogP contribution < -0.4 is 9.47 Å². The fraction of sp³-hybridized carbons (Fsp3) is 0.538. The first-order valence-corrected chi connectivity index (χ1v) is 11.6. The summed E-state index contributed by atoms with van der Waals surface area (Å²) in [5, 5.41) is 0. The van der Waals surface area contributed by atoms with E-state index in [0.29, 0.717) is 35.6 Å². The molecule has 2 aromatic rings. The van der Waals surface area contributed by atoms with Gasteiger partial charge >= 0.3 is 0 Å².